The largest absolute Gasteiger partial charge is 0.467 e. The Morgan fingerprint density at radius 2 is 2.05 bits per heavy atom. The average Bonchev–Trinajstić information content (AvgIpc) is 2.80. The number of aliphatic hydroxyl groups is 1. The molecule has 20 heavy (non-hydrogen) atoms. The Balaban J connectivity index is 2.38. The summed E-state index contributed by atoms with van der Waals surface area (Å²) in [6, 6.07) is 3.39. The minimum Gasteiger partial charge on any atom is -0.467 e. The minimum atomic E-state index is -0.680. The lowest BCUT2D eigenvalue weighted by atomic mass is 9.80. The molecule has 1 rings (SSSR count). The molecule has 0 bridgehead atoms. The van der Waals surface area contributed by atoms with E-state index < -0.39 is 6.10 Å². The molecule has 4 heteroatoms. The highest BCUT2D eigenvalue weighted by Gasteiger charge is 2.23. The molecular formula is C16H27NO3. The van der Waals surface area contributed by atoms with Gasteiger partial charge in [-0.25, -0.2) is 0 Å². The van der Waals surface area contributed by atoms with Crippen molar-refractivity contribution < 1.29 is 14.3 Å². The van der Waals surface area contributed by atoms with Gasteiger partial charge in [0.15, 0.2) is 0 Å². The van der Waals surface area contributed by atoms with Gasteiger partial charge >= 0.3 is 0 Å². The fraction of sp³-hybridized carbons (Fsp3) is 0.688. The SMILES string of the molecule is CC(CC(O)c1ccco1)NC(=O)CC(C)C(C)(C)C. The number of furan rings is 1. The molecule has 0 saturated heterocycles. The minimum absolute atomic E-state index is 0.0339. The summed E-state index contributed by atoms with van der Waals surface area (Å²) in [7, 11) is 0. The van der Waals surface area contributed by atoms with E-state index in [2.05, 4.69) is 33.0 Å². The van der Waals surface area contributed by atoms with Gasteiger partial charge in [0.2, 0.25) is 5.91 Å². The van der Waals surface area contributed by atoms with E-state index in [9.17, 15) is 9.90 Å². The van der Waals surface area contributed by atoms with E-state index >= 15 is 0 Å². The van der Waals surface area contributed by atoms with E-state index in [4.69, 9.17) is 4.42 Å². The molecule has 1 amide bonds. The van der Waals surface area contributed by atoms with E-state index in [-0.39, 0.29) is 17.4 Å². The van der Waals surface area contributed by atoms with Crippen LogP contribution in [0.1, 0.15) is 59.3 Å². The van der Waals surface area contributed by atoms with Crippen molar-refractivity contribution >= 4 is 5.91 Å². The Morgan fingerprint density at radius 1 is 1.40 bits per heavy atom. The highest BCUT2D eigenvalue weighted by atomic mass is 16.4. The van der Waals surface area contributed by atoms with E-state index in [0.717, 1.165) is 0 Å². The van der Waals surface area contributed by atoms with Crippen molar-refractivity contribution in [1.82, 2.24) is 5.32 Å². The first kappa shape index (κ1) is 16.8. The van der Waals surface area contributed by atoms with E-state index in [0.29, 0.717) is 24.5 Å². The van der Waals surface area contributed by atoms with Crippen LogP contribution < -0.4 is 5.32 Å². The normalized spacial score (nSPS) is 16.5. The third-order valence-corrected chi connectivity index (χ3v) is 3.83. The van der Waals surface area contributed by atoms with Crippen LogP contribution in [0.25, 0.3) is 0 Å². The van der Waals surface area contributed by atoms with Crippen LogP contribution in [0.15, 0.2) is 22.8 Å². The standard InChI is InChI=1S/C16H27NO3/c1-11(16(3,4)5)9-15(19)17-12(2)10-13(18)14-7-6-8-20-14/h6-8,11-13,18H,9-10H2,1-5H3,(H,17,19). The average molecular weight is 281 g/mol. The molecule has 0 fully saturated rings. The first-order chi connectivity index (χ1) is 9.20. The molecule has 3 atom stereocenters. The van der Waals surface area contributed by atoms with Gasteiger partial charge in [-0.3, -0.25) is 4.79 Å². The molecule has 114 valence electrons. The summed E-state index contributed by atoms with van der Waals surface area (Å²) in [5, 5.41) is 12.9. The fourth-order valence-electron chi connectivity index (χ4n) is 1.91. The smallest absolute Gasteiger partial charge is 0.220 e. The summed E-state index contributed by atoms with van der Waals surface area (Å²) in [5.74, 6) is 0.880. The van der Waals surface area contributed by atoms with Gasteiger partial charge in [-0.1, -0.05) is 27.7 Å². The second-order valence-corrected chi connectivity index (χ2v) is 6.71. The van der Waals surface area contributed by atoms with Gasteiger partial charge in [0.25, 0.3) is 0 Å². The Labute approximate surface area is 121 Å². The topological polar surface area (TPSA) is 62.5 Å². The van der Waals surface area contributed by atoms with Crippen LogP contribution in [0.3, 0.4) is 0 Å². The van der Waals surface area contributed by atoms with Crippen LogP contribution in [0.2, 0.25) is 0 Å². The first-order valence-electron chi connectivity index (χ1n) is 7.21. The molecule has 0 aromatic carbocycles. The molecule has 0 aliphatic carbocycles. The highest BCUT2D eigenvalue weighted by molar-refractivity contribution is 5.76. The second kappa shape index (κ2) is 6.93. The molecule has 0 saturated carbocycles. The molecule has 0 aliphatic rings. The zero-order valence-corrected chi connectivity index (χ0v) is 13.1. The lowest BCUT2D eigenvalue weighted by molar-refractivity contribution is -0.123. The number of hydrogen-bond acceptors (Lipinski definition) is 3. The summed E-state index contributed by atoms with van der Waals surface area (Å²) < 4.78 is 5.15. The van der Waals surface area contributed by atoms with Crippen LogP contribution in [0, 0.1) is 11.3 Å². The quantitative estimate of drug-likeness (QED) is 0.841. The van der Waals surface area contributed by atoms with Crippen molar-refractivity contribution in [3.8, 4) is 0 Å². The number of hydrogen-bond donors (Lipinski definition) is 2. The monoisotopic (exact) mass is 281 g/mol. The predicted molar refractivity (Wildman–Crippen MR) is 79.1 cm³/mol. The number of carbonyl (C=O) groups is 1. The Morgan fingerprint density at radius 3 is 2.55 bits per heavy atom. The van der Waals surface area contributed by atoms with Crippen molar-refractivity contribution in [2.45, 2.75) is 59.6 Å². The molecule has 2 N–H and O–H groups in total. The van der Waals surface area contributed by atoms with Gasteiger partial charge in [0, 0.05) is 18.9 Å². The molecule has 4 nitrogen and oxygen atoms in total. The van der Waals surface area contributed by atoms with Gasteiger partial charge in [-0.2, -0.15) is 0 Å². The summed E-state index contributed by atoms with van der Waals surface area (Å²) in [4.78, 5) is 12.0. The lowest BCUT2D eigenvalue weighted by Crippen LogP contribution is -2.36. The summed E-state index contributed by atoms with van der Waals surface area (Å²) in [6.07, 6.45) is 1.81. The Kier molecular flexibility index (Phi) is 5.81. The predicted octanol–water partition coefficient (Wildman–Crippen LogP) is 3.28. The maximum Gasteiger partial charge on any atom is 0.220 e. The maximum absolute atomic E-state index is 12.0. The molecular weight excluding hydrogens is 254 g/mol. The zero-order valence-electron chi connectivity index (χ0n) is 13.1. The summed E-state index contributed by atoms with van der Waals surface area (Å²) in [5.41, 5.74) is 0.119. The van der Waals surface area contributed by atoms with Gasteiger partial charge in [0.05, 0.1) is 6.26 Å². The summed E-state index contributed by atoms with van der Waals surface area (Å²) >= 11 is 0. The Bertz CT molecular complexity index is 406. The molecule has 0 radical (unpaired) electrons. The van der Waals surface area contributed by atoms with E-state index in [1.807, 2.05) is 6.92 Å². The fourth-order valence-corrected chi connectivity index (χ4v) is 1.91. The lowest BCUT2D eigenvalue weighted by Gasteiger charge is -2.27. The zero-order chi connectivity index (χ0) is 15.3. The first-order valence-corrected chi connectivity index (χ1v) is 7.21. The van der Waals surface area contributed by atoms with Crippen molar-refractivity contribution in [2.24, 2.45) is 11.3 Å². The van der Waals surface area contributed by atoms with Crippen LogP contribution in [-0.4, -0.2) is 17.1 Å². The van der Waals surface area contributed by atoms with Crippen LogP contribution in [0.5, 0.6) is 0 Å². The van der Waals surface area contributed by atoms with Gasteiger partial charge in [0.1, 0.15) is 11.9 Å². The highest BCUT2D eigenvalue weighted by Crippen LogP contribution is 2.28. The van der Waals surface area contributed by atoms with Gasteiger partial charge in [-0.05, 0) is 30.4 Å². The molecule has 1 heterocycles. The number of aliphatic hydroxyl groups excluding tert-OH is 1. The third-order valence-electron chi connectivity index (χ3n) is 3.83. The molecule has 0 spiro atoms. The van der Waals surface area contributed by atoms with Crippen molar-refractivity contribution in [3.63, 3.8) is 0 Å². The molecule has 3 unspecified atom stereocenters. The van der Waals surface area contributed by atoms with Crippen LogP contribution >= 0.6 is 0 Å². The Hall–Kier alpha value is -1.29. The van der Waals surface area contributed by atoms with Gasteiger partial charge in [-0.15, -0.1) is 0 Å². The maximum atomic E-state index is 12.0. The summed E-state index contributed by atoms with van der Waals surface area (Å²) in [6.45, 7) is 10.4. The molecule has 1 aromatic heterocycles. The van der Waals surface area contributed by atoms with Crippen LogP contribution in [0.4, 0.5) is 0 Å². The van der Waals surface area contributed by atoms with Crippen molar-refractivity contribution in [1.29, 1.82) is 0 Å². The van der Waals surface area contributed by atoms with Crippen LogP contribution in [-0.2, 0) is 4.79 Å². The number of carbonyl (C=O) groups excluding carboxylic acids is 1. The molecule has 1 aromatic rings. The van der Waals surface area contributed by atoms with E-state index in [1.54, 1.807) is 12.1 Å². The third kappa shape index (κ3) is 5.37. The van der Waals surface area contributed by atoms with Crippen molar-refractivity contribution in [2.75, 3.05) is 0 Å². The molecule has 0 aliphatic heterocycles. The van der Waals surface area contributed by atoms with E-state index in [1.165, 1.54) is 6.26 Å². The number of amides is 1. The number of nitrogens with one attached hydrogen (secondary N) is 1. The number of rotatable bonds is 6. The second-order valence-electron chi connectivity index (χ2n) is 6.71. The van der Waals surface area contributed by atoms with Gasteiger partial charge < -0.3 is 14.8 Å². The van der Waals surface area contributed by atoms with Crippen molar-refractivity contribution in [3.05, 3.63) is 24.2 Å².